The van der Waals surface area contributed by atoms with Gasteiger partial charge in [0.2, 0.25) is 0 Å². The van der Waals surface area contributed by atoms with E-state index in [4.69, 9.17) is 5.73 Å². The van der Waals surface area contributed by atoms with Crippen molar-refractivity contribution < 1.29 is 0 Å². The van der Waals surface area contributed by atoms with Crippen molar-refractivity contribution in [1.29, 1.82) is 0 Å². The van der Waals surface area contributed by atoms with Crippen LogP contribution in [0.25, 0.3) is 0 Å². The van der Waals surface area contributed by atoms with Gasteiger partial charge >= 0.3 is 0 Å². The first-order valence-corrected chi connectivity index (χ1v) is 5.58. The minimum absolute atomic E-state index is 0.352. The highest BCUT2D eigenvalue weighted by Gasteiger charge is 2.18. The van der Waals surface area contributed by atoms with Gasteiger partial charge in [0.1, 0.15) is 0 Å². The van der Waals surface area contributed by atoms with Crippen LogP contribution in [0.15, 0.2) is 24.3 Å². The molecule has 1 aromatic carbocycles. The Morgan fingerprint density at radius 2 is 2.07 bits per heavy atom. The molecule has 1 heteroatoms. The molecule has 2 atom stereocenters. The number of nitrogens with two attached hydrogens (primary N) is 1. The van der Waals surface area contributed by atoms with Gasteiger partial charge in [-0.3, -0.25) is 0 Å². The number of hydrogen-bond acceptors (Lipinski definition) is 1. The molecule has 0 spiro atoms. The summed E-state index contributed by atoms with van der Waals surface area (Å²) in [6, 6.07) is 9.17. The molecule has 0 bridgehead atoms. The predicted molar refractivity (Wildman–Crippen MR) is 60.2 cm³/mol. The van der Waals surface area contributed by atoms with E-state index in [-0.39, 0.29) is 0 Å². The van der Waals surface area contributed by atoms with Crippen molar-refractivity contribution in [2.75, 3.05) is 0 Å². The van der Waals surface area contributed by atoms with Gasteiger partial charge in [-0.25, -0.2) is 0 Å². The van der Waals surface area contributed by atoms with Crippen molar-refractivity contribution in [3.63, 3.8) is 0 Å². The van der Waals surface area contributed by atoms with Crippen LogP contribution in [0, 0.1) is 5.92 Å². The smallest absolute Gasteiger partial charge is 0.00132 e. The van der Waals surface area contributed by atoms with E-state index in [0.717, 1.165) is 5.92 Å². The van der Waals surface area contributed by atoms with Crippen molar-refractivity contribution in [2.45, 2.75) is 38.6 Å². The Hall–Kier alpha value is -0.820. The fraction of sp³-hybridized carbons (Fsp3) is 0.538. The van der Waals surface area contributed by atoms with Crippen LogP contribution in [0.4, 0.5) is 0 Å². The zero-order valence-corrected chi connectivity index (χ0v) is 8.87. The topological polar surface area (TPSA) is 26.0 Å². The number of aryl methyl sites for hydroxylation is 1. The standard InChI is InChI=1S/C13H19N/c1-10(14)8-11-6-7-12-4-2-3-5-13(12)9-11/h2-5,10-11H,6-9,14H2,1H3. The summed E-state index contributed by atoms with van der Waals surface area (Å²) in [5.74, 6) is 0.810. The Kier molecular flexibility index (Phi) is 2.87. The highest BCUT2D eigenvalue weighted by molar-refractivity contribution is 5.29. The molecule has 0 radical (unpaired) electrons. The third kappa shape index (κ3) is 2.16. The van der Waals surface area contributed by atoms with Crippen LogP contribution in [0.5, 0.6) is 0 Å². The van der Waals surface area contributed by atoms with Crippen LogP contribution in [-0.4, -0.2) is 6.04 Å². The molecule has 2 N–H and O–H groups in total. The summed E-state index contributed by atoms with van der Waals surface area (Å²) >= 11 is 0. The molecule has 1 nitrogen and oxygen atoms in total. The zero-order valence-electron chi connectivity index (χ0n) is 8.87. The van der Waals surface area contributed by atoms with Gasteiger partial charge < -0.3 is 5.73 Å². The van der Waals surface area contributed by atoms with Gasteiger partial charge in [-0.05, 0) is 49.7 Å². The van der Waals surface area contributed by atoms with E-state index >= 15 is 0 Å². The summed E-state index contributed by atoms with van der Waals surface area (Å²) in [5.41, 5.74) is 8.94. The Labute approximate surface area is 86.3 Å². The lowest BCUT2D eigenvalue weighted by Crippen LogP contribution is -2.23. The normalized spacial score (nSPS) is 22.9. The van der Waals surface area contributed by atoms with Gasteiger partial charge in [0.15, 0.2) is 0 Å². The molecule has 0 saturated carbocycles. The summed E-state index contributed by atoms with van der Waals surface area (Å²) in [6.07, 6.45) is 4.97. The lowest BCUT2D eigenvalue weighted by molar-refractivity contribution is 0.398. The number of rotatable bonds is 2. The largest absolute Gasteiger partial charge is 0.328 e. The van der Waals surface area contributed by atoms with Crippen LogP contribution in [-0.2, 0) is 12.8 Å². The second-order valence-corrected chi connectivity index (χ2v) is 4.59. The Balaban J connectivity index is 2.06. The van der Waals surface area contributed by atoms with Gasteiger partial charge in [-0.1, -0.05) is 24.3 Å². The number of fused-ring (bicyclic) bond motifs is 1. The van der Waals surface area contributed by atoms with Gasteiger partial charge in [-0.15, -0.1) is 0 Å². The molecular weight excluding hydrogens is 170 g/mol. The molecular formula is C13H19N. The van der Waals surface area contributed by atoms with E-state index in [1.54, 1.807) is 11.1 Å². The van der Waals surface area contributed by atoms with Crippen molar-refractivity contribution in [2.24, 2.45) is 11.7 Å². The van der Waals surface area contributed by atoms with Crippen LogP contribution in [0.2, 0.25) is 0 Å². The minimum Gasteiger partial charge on any atom is -0.328 e. The SMILES string of the molecule is CC(N)CC1CCc2ccccc2C1. The first-order valence-electron chi connectivity index (χ1n) is 5.58. The molecule has 76 valence electrons. The lowest BCUT2D eigenvalue weighted by Gasteiger charge is -2.25. The van der Waals surface area contributed by atoms with Crippen LogP contribution >= 0.6 is 0 Å². The lowest BCUT2D eigenvalue weighted by atomic mass is 9.81. The fourth-order valence-corrected chi connectivity index (χ4v) is 2.50. The van der Waals surface area contributed by atoms with Crippen molar-refractivity contribution in [1.82, 2.24) is 0 Å². The van der Waals surface area contributed by atoms with Gasteiger partial charge in [0.05, 0.1) is 0 Å². The quantitative estimate of drug-likeness (QED) is 0.760. The predicted octanol–water partition coefficient (Wildman–Crippen LogP) is 2.53. The van der Waals surface area contributed by atoms with Crippen LogP contribution < -0.4 is 5.73 Å². The van der Waals surface area contributed by atoms with Gasteiger partial charge in [0, 0.05) is 6.04 Å². The monoisotopic (exact) mass is 189 g/mol. The average molecular weight is 189 g/mol. The zero-order chi connectivity index (χ0) is 9.97. The van der Waals surface area contributed by atoms with Crippen molar-refractivity contribution in [3.8, 4) is 0 Å². The summed E-state index contributed by atoms with van der Waals surface area (Å²) < 4.78 is 0. The maximum atomic E-state index is 5.84. The molecule has 0 aromatic heterocycles. The molecule has 0 aliphatic heterocycles. The molecule has 14 heavy (non-hydrogen) atoms. The van der Waals surface area contributed by atoms with Crippen molar-refractivity contribution >= 4 is 0 Å². The second kappa shape index (κ2) is 4.14. The van der Waals surface area contributed by atoms with E-state index in [1.165, 1.54) is 25.7 Å². The Morgan fingerprint density at radius 3 is 2.79 bits per heavy atom. The highest BCUT2D eigenvalue weighted by atomic mass is 14.6. The molecule has 2 rings (SSSR count). The average Bonchev–Trinajstić information content (AvgIpc) is 2.17. The minimum atomic E-state index is 0.352. The van der Waals surface area contributed by atoms with Gasteiger partial charge in [0.25, 0.3) is 0 Å². The molecule has 0 amide bonds. The van der Waals surface area contributed by atoms with E-state index in [9.17, 15) is 0 Å². The summed E-state index contributed by atoms with van der Waals surface area (Å²) in [5, 5.41) is 0. The number of benzene rings is 1. The molecule has 0 fully saturated rings. The van der Waals surface area contributed by atoms with Crippen LogP contribution in [0.1, 0.15) is 30.9 Å². The summed E-state index contributed by atoms with van der Waals surface area (Å²) in [6.45, 7) is 2.11. The molecule has 1 aliphatic rings. The third-order valence-electron chi connectivity index (χ3n) is 3.15. The summed E-state index contributed by atoms with van der Waals surface area (Å²) in [7, 11) is 0. The first kappa shape index (κ1) is 9.72. The Morgan fingerprint density at radius 1 is 1.36 bits per heavy atom. The van der Waals surface area contributed by atoms with Crippen LogP contribution in [0.3, 0.4) is 0 Å². The molecule has 2 unspecified atom stereocenters. The van der Waals surface area contributed by atoms with E-state index < -0.39 is 0 Å². The molecule has 1 aliphatic carbocycles. The molecule has 1 aromatic rings. The molecule has 0 heterocycles. The maximum Gasteiger partial charge on any atom is 0.00132 e. The van der Waals surface area contributed by atoms with Gasteiger partial charge in [-0.2, -0.15) is 0 Å². The Bertz CT molecular complexity index is 304. The molecule has 0 saturated heterocycles. The van der Waals surface area contributed by atoms with Crippen molar-refractivity contribution in [3.05, 3.63) is 35.4 Å². The van der Waals surface area contributed by atoms with E-state index in [1.807, 2.05) is 0 Å². The summed E-state index contributed by atoms with van der Waals surface area (Å²) in [4.78, 5) is 0. The van der Waals surface area contributed by atoms with E-state index in [2.05, 4.69) is 31.2 Å². The first-order chi connectivity index (χ1) is 6.75. The number of hydrogen-bond donors (Lipinski definition) is 1. The second-order valence-electron chi connectivity index (χ2n) is 4.59. The van der Waals surface area contributed by atoms with E-state index in [0.29, 0.717) is 6.04 Å². The fourth-order valence-electron chi connectivity index (χ4n) is 2.50. The highest BCUT2D eigenvalue weighted by Crippen LogP contribution is 2.27. The third-order valence-corrected chi connectivity index (χ3v) is 3.15. The maximum absolute atomic E-state index is 5.84.